The van der Waals surface area contributed by atoms with Gasteiger partial charge in [-0.25, -0.2) is 4.90 Å². The van der Waals surface area contributed by atoms with Crippen LogP contribution in [0.3, 0.4) is 0 Å². The number of benzene rings is 4. The smallest absolute Gasteiger partial charge is 0.272 e. The molecule has 1 aliphatic heterocycles. The summed E-state index contributed by atoms with van der Waals surface area (Å²) in [5, 5.41) is 15.7. The van der Waals surface area contributed by atoms with Crippen molar-refractivity contribution in [2.24, 2.45) is 5.73 Å². The first kappa shape index (κ1) is 31.3. The van der Waals surface area contributed by atoms with E-state index in [2.05, 4.69) is 10.6 Å². The molecule has 230 valence electrons. The van der Waals surface area contributed by atoms with Crippen LogP contribution in [0.15, 0.2) is 114 Å². The van der Waals surface area contributed by atoms with Crippen molar-refractivity contribution in [1.29, 1.82) is 0 Å². The standard InChI is InChI=1S/C33H25N5O7S/c34-30(40)21-8-14-24(15-9-21)37-29(39)19-28(33(37)43)46-26-16-10-23(11-17-26)35-32(42)27(36-31(41)22-4-2-1-3-5-22)18-20-6-12-25(13-7-20)38(44)45/h1-18,28H,19H2,(H2,34,40)(H,35,42)(H,36,41)/b27-18-. The molecule has 4 aromatic carbocycles. The molecule has 0 bridgehead atoms. The number of nitrogens with one attached hydrogen (secondary N) is 2. The number of nitrogens with zero attached hydrogens (tertiary/aromatic N) is 2. The van der Waals surface area contributed by atoms with Crippen molar-refractivity contribution in [2.45, 2.75) is 16.6 Å². The number of nitrogens with two attached hydrogens (primary N) is 1. The number of nitro benzene ring substituents is 1. The van der Waals surface area contributed by atoms with Crippen molar-refractivity contribution in [3.8, 4) is 0 Å². The third-order valence-corrected chi connectivity index (χ3v) is 8.05. The number of carbonyl (C=O) groups excluding carboxylic acids is 5. The molecule has 1 fully saturated rings. The summed E-state index contributed by atoms with van der Waals surface area (Å²) in [5.74, 6) is -2.55. The van der Waals surface area contributed by atoms with Crippen molar-refractivity contribution >= 4 is 64.4 Å². The van der Waals surface area contributed by atoms with Gasteiger partial charge in [-0.05, 0) is 84.4 Å². The molecule has 5 amide bonds. The van der Waals surface area contributed by atoms with Gasteiger partial charge in [-0.15, -0.1) is 11.8 Å². The van der Waals surface area contributed by atoms with Gasteiger partial charge >= 0.3 is 0 Å². The molecule has 1 aliphatic rings. The predicted octanol–water partition coefficient (Wildman–Crippen LogP) is 4.53. The Morgan fingerprint density at radius 2 is 1.52 bits per heavy atom. The van der Waals surface area contributed by atoms with Crippen LogP contribution in [0.4, 0.5) is 17.1 Å². The Kier molecular flexibility index (Phi) is 9.33. The minimum Gasteiger partial charge on any atom is -0.366 e. The lowest BCUT2D eigenvalue weighted by atomic mass is 10.1. The van der Waals surface area contributed by atoms with Crippen LogP contribution < -0.4 is 21.3 Å². The summed E-state index contributed by atoms with van der Waals surface area (Å²) in [7, 11) is 0. The van der Waals surface area contributed by atoms with Gasteiger partial charge in [-0.2, -0.15) is 0 Å². The summed E-state index contributed by atoms with van der Waals surface area (Å²) >= 11 is 1.20. The summed E-state index contributed by atoms with van der Waals surface area (Å²) in [6.45, 7) is 0. The zero-order valence-electron chi connectivity index (χ0n) is 23.9. The highest BCUT2D eigenvalue weighted by atomic mass is 32.2. The van der Waals surface area contributed by atoms with Crippen LogP contribution in [0.25, 0.3) is 6.08 Å². The second kappa shape index (κ2) is 13.7. The van der Waals surface area contributed by atoms with Gasteiger partial charge in [-0.3, -0.25) is 34.1 Å². The minimum atomic E-state index is -0.673. The molecule has 1 saturated heterocycles. The summed E-state index contributed by atoms with van der Waals surface area (Å²) in [6.07, 6.45) is 1.39. The normalized spacial score (nSPS) is 14.6. The lowest BCUT2D eigenvalue weighted by Crippen LogP contribution is -2.31. The molecule has 1 atom stereocenters. The number of hydrogen-bond donors (Lipinski definition) is 3. The molecule has 0 radical (unpaired) electrons. The maximum atomic E-state index is 13.3. The van der Waals surface area contributed by atoms with E-state index < -0.39 is 33.8 Å². The molecule has 1 heterocycles. The molecule has 13 heteroatoms. The van der Waals surface area contributed by atoms with Gasteiger partial charge in [0.1, 0.15) is 5.70 Å². The molecule has 0 aromatic heterocycles. The maximum Gasteiger partial charge on any atom is 0.272 e. The number of non-ortho nitro benzene ring substituents is 1. The molecule has 5 rings (SSSR count). The number of anilines is 2. The largest absolute Gasteiger partial charge is 0.366 e. The number of thioether (sulfide) groups is 1. The first-order valence-electron chi connectivity index (χ1n) is 13.8. The lowest BCUT2D eigenvalue weighted by Gasteiger charge is -2.15. The Hall–Kier alpha value is -6.08. The highest BCUT2D eigenvalue weighted by Crippen LogP contribution is 2.34. The Labute approximate surface area is 266 Å². The number of nitro groups is 1. The van der Waals surface area contributed by atoms with Gasteiger partial charge in [0.05, 0.1) is 15.9 Å². The number of hydrogen-bond acceptors (Lipinski definition) is 8. The molecular weight excluding hydrogens is 610 g/mol. The maximum absolute atomic E-state index is 13.3. The molecule has 12 nitrogen and oxygen atoms in total. The summed E-state index contributed by atoms with van der Waals surface area (Å²) in [4.78, 5) is 75.5. The lowest BCUT2D eigenvalue weighted by molar-refractivity contribution is -0.384. The molecule has 1 unspecified atom stereocenters. The summed E-state index contributed by atoms with van der Waals surface area (Å²) in [5.41, 5.74) is 6.82. The molecule has 0 aliphatic carbocycles. The fourth-order valence-electron chi connectivity index (χ4n) is 4.52. The van der Waals surface area contributed by atoms with E-state index in [0.29, 0.717) is 27.4 Å². The SMILES string of the molecule is NC(=O)c1ccc(N2C(=O)CC(Sc3ccc(NC(=O)/C(=C/c4ccc([N+](=O)[O-])cc4)NC(=O)c4ccccc4)cc3)C2=O)cc1. The van der Waals surface area contributed by atoms with Crippen LogP contribution in [-0.4, -0.2) is 39.7 Å². The number of rotatable bonds is 10. The average molecular weight is 636 g/mol. The Balaban J connectivity index is 1.28. The number of primary amides is 1. The summed E-state index contributed by atoms with van der Waals surface area (Å²) in [6, 6.07) is 26.3. The van der Waals surface area contributed by atoms with E-state index in [0.717, 1.165) is 4.90 Å². The highest BCUT2D eigenvalue weighted by molar-refractivity contribution is 8.00. The van der Waals surface area contributed by atoms with Crippen LogP contribution in [0, 0.1) is 10.1 Å². The van der Waals surface area contributed by atoms with Crippen molar-refractivity contribution < 1.29 is 28.9 Å². The number of imide groups is 1. The Morgan fingerprint density at radius 1 is 0.870 bits per heavy atom. The fourth-order valence-corrected chi connectivity index (χ4v) is 5.58. The third kappa shape index (κ3) is 7.34. The summed E-state index contributed by atoms with van der Waals surface area (Å²) < 4.78 is 0. The third-order valence-electron chi connectivity index (χ3n) is 6.85. The monoisotopic (exact) mass is 635 g/mol. The second-order valence-electron chi connectivity index (χ2n) is 9.99. The molecule has 46 heavy (non-hydrogen) atoms. The van der Waals surface area contributed by atoms with Gasteiger partial charge in [0, 0.05) is 40.3 Å². The van der Waals surface area contributed by atoms with E-state index in [1.54, 1.807) is 54.6 Å². The quantitative estimate of drug-likeness (QED) is 0.0983. The molecular formula is C33H25N5O7S. The van der Waals surface area contributed by atoms with E-state index in [4.69, 9.17) is 5.73 Å². The van der Waals surface area contributed by atoms with Gasteiger partial charge in [0.25, 0.3) is 17.5 Å². The van der Waals surface area contributed by atoms with E-state index in [1.807, 2.05) is 0 Å². The Morgan fingerprint density at radius 3 is 2.13 bits per heavy atom. The van der Waals surface area contributed by atoms with E-state index in [-0.39, 0.29) is 29.3 Å². The second-order valence-corrected chi connectivity index (χ2v) is 11.3. The van der Waals surface area contributed by atoms with Crippen molar-refractivity contribution in [3.05, 3.63) is 136 Å². The van der Waals surface area contributed by atoms with Crippen molar-refractivity contribution in [2.75, 3.05) is 10.2 Å². The molecule has 4 N–H and O–H groups in total. The molecule has 0 saturated carbocycles. The van der Waals surface area contributed by atoms with Gasteiger partial charge in [0.2, 0.25) is 17.7 Å². The van der Waals surface area contributed by atoms with E-state index in [9.17, 15) is 34.1 Å². The van der Waals surface area contributed by atoms with E-state index >= 15 is 0 Å². The zero-order chi connectivity index (χ0) is 32.8. The first-order chi connectivity index (χ1) is 22.1. The topological polar surface area (TPSA) is 182 Å². The fraction of sp³-hybridized carbons (Fsp3) is 0.0606. The zero-order valence-corrected chi connectivity index (χ0v) is 24.7. The van der Waals surface area contributed by atoms with Gasteiger partial charge in [0.15, 0.2) is 0 Å². The van der Waals surface area contributed by atoms with Gasteiger partial charge in [-0.1, -0.05) is 18.2 Å². The van der Waals surface area contributed by atoms with Crippen LogP contribution in [0.5, 0.6) is 0 Å². The average Bonchev–Trinajstić information content (AvgIpc) is 3.33. The van der Waals surface area contributed by atoms with Crippen molar-refractivity contribution in [3.63, 3.8) is 0 Å². The van der Waals surface area contributed by atoms with Crippen LogP contribution >= 0.6 is 11.8 Å². The first-order valence-corrected chi connectivity index (χ1v) is 14.6. The Bertz CT molecular complexity index is 1860. The molecule has 0 spiro atoms. The van der Waals surface area contributed by atoms with Gasteiger partial charge < -0.3 is 16.4 Å². The number of carbonyl (C=O) groups is 5. The molecule has 4 aromatic rings. The van der Waals surface area contributed by atoms with Crippen molar-refractivity contribution in [1.82, 2.24) is 5.32 Å². The van der Waals surface area contributed by atoms with E-state index in [1.165, 1.54) is 66.4 Å². The highest BCUT2D eigenvalue weighted by Gasteiger charge is 2.40. The van der Waals surface area contributed by atoms with Crippen LogP contribution in [-0.2, 0) is 14.4 Å². The number of amides is 5. The van der Waals surface area contributed by atoms with Crippen LogP contribution in [0.1, 0.15) is 32.7 Å². The van der Waals surface area contributed by atoms with Crippen LogP contribution in [0.2, 0.25) is 0 Å². The minimum absolute atomic E-state index is 0.0164. The predicted molar refractivity (Wildman–Crippen MR) is 172 cm³/mol.